The molecule has 1 atom stereocenters. The van der Waals surface area contributed by atoms with Crippen LogP contribution in [0.3, 0.4) is 0 Å². The maximum Gasteiger partial charge on any atom is 0.255 e. The summed E-state index contributed by atoms with van der Waals surface area (Å²) in [6.45, 7) is 5.91. The molecule has 0 saturated heterocycles. The van der Waals surface area contributed by atoms with Crippen LogP contribution in [0.25, 0.3) is 0 Å². The topological polar surface area (TPSA) is 66.5 Å². The van der Waals surface area contributed by atoms with E-state index in [1.54, 1.807) is 18.2 Å². The molecule has 0 spiro atoms. The molecule has 0 aromatic heterocycles. The molecule has 2 aromatic rings. The maximum atomic E-state index is 12.9. The van der Waals surface area contributed by atoms with Crippen molar-refractivity contribution in [1.29, 1.82) is 0 Å². The third-order valence-corrected chi connectivity index (χ3v) is 6.79. The van der Waals surface area contributed by atoms with Crippen LogP contribution in [-0.2, 0) is 29.3 Å². The van der Waals surface area contributed by atoms with Crippen LogP contribution in [0.1, 0.15) is 47.8 Å². The molecule has 1 heterocycles. The van der Waals surface area contributed by atoms with Crippen molar-refractivity contribution >= 4 is 38.9 Å². The molecule has 0 aliphatic carbocycles. The minimum Gasteiger partial charge on any atom is -0.321 e. The van der Waals surface area contributed by atoms with Crippen molar-refractivity contribution in [2.75, 3.05) is 15.9 Å². The summed E-state index contributed by atoms with van der Waals surface area (Å²) in [6.07, 6.45) is 3.29. The first-order valence-electron chi connectivity index (χ1n) is 9.41. The summed E-state index contributed by atoms with van der Waals surface area (Å²) in [5, 5.41) is 3.67. The number of fused-ring (bicyclic) bond motifs is 1. The van der Waals surface area contributed by atoms with E-state index in [-0.39, 0.29) is 11.9 Å². The molecule has 1 N–H and O–H groups in total. The second-order valence-corrected chi connectivity index (χ2v) is 9.44. The van der Waals surface area contributed by atoms with Crippen molar-refractivity contribution in [3.63, 3.8) is 0 Å². The van der Waals surface area contributed by atoms with Crippen molar-refractivity contribution < 1.29 is 13.2 Å². The van der Waals surface area contributed by atoms with Gasteiger partial charge >= 0.3 is 0 Å². The summed E-state index contributed by atoms with van der Waals surface area (Å²) >= 11 is 6.33. The average molecular weight is 421 g/mol. The van der Waals surface area contributed by atoms with Gasteiger partial charge in [-0.05, 0) is 67.1 Å². The fourth-order valence-corrected chi connectivity index (χ4v) is 5.46. The number of aryl methyl sites for hydroxylation is 1. The van der Waals surface area contributed by atoms with E-state index < -0.39 is 10.0 Å². The van der Waals surface area contributed by atoms with E-state index >= 15 is 0 Å². The third-order valence-electron chi connectivity index (χ3n) is 5.17. The molecule has 1 amide bonds. The maximum absolute atomic E-state index is 12.9. The summed E-state index contributed by atoms with van der Waals surface area (Å²) in [7, 11) is -3.35. The average Bonchev–Trinajstić information content (AvgIpc) is 2.97. The summed E-state index contributed by atoms with van der Waals surface area (Å²) < 4.78 is 25.6. The Labute approximate surface area is 171 Å². The minimum atomic E-state index is -3.35. The highest BCUT2D eigenvalue weighted by Gasteiger charge is 2.32. The first-order chi connectivity index (χ1) is 13.2. The number of hydrogen-bond donors (Lipinski definition) is 1. The van der Waals surface area contributed by atoms with Crippen molar-refractivity contribution in [3.05, 3.63) is 57.6 Å². The second kappa shape index (κ2) is 7.76. The van der Waals surface area contributed by atoms with Crippen LogP contribution in [0, 0.1) is 0 Å². The van der Waals surface area contributed by atoms with Gasteiger partial charge in [-0.2, -0.15) is 0 Å². The normalized spacial score (nSPS) is 16.2. The van der Waals surface area contributed by atoms with E-state index in [0.717, 1.165) is 28.8 Å². The van der Waals surface area contributed by atoms with Gasteiger partial charge in [-0.25, -0.2) is 8.42 Å². The molecule has 1 aliphatic heterocycles. The number of carbonyl (C=O) groups excluding carboxylic acids is 1. The van der Waals surface area contributed by atoms with Crippen LogP contribution in [-0.4, -0.2) is 26.6 Å². The number of nitrogens with one attached hydrogen (secondary N) is 1. The van der Waals surface area contributed by atoms with Crippen LogP contribution in [0.2, 0.25) is 5.02 Å². The van der Waals surface area contributed by atoms with E-state index in [1.165, 1.54) is 10.6 Å². The summed E-state index contributed by atoms with van der Waals surface area (Å²) in [6, 6.07) is 8.82. The lowest BCUT2D eigenvalue weighted by Gasteiger charge is -2.22. The van der Waals surface area contributed by atoms with Crippen LogP contribution in [0.5, 0.6) is 0 Å². The number of sulfonamides is 1. The highest BCUT2D eigenvalue weighted by Crippen LogP contribution is 2.35. The standard InChI is InChI=1S/C21H25ClN2O3S/c1-5-14-7-9-18(22)17(6-2)20(14)23-21(25)15-8-10-19-16(12-15)11-13(3)24(19)28(4,26)27/h7-10,12-13H,5-6,11H2,1-4H3,(H,23,25). The van der Waals surface area contributed by atoms with Crippen molar-refractivity contribution in [2.45, 2.75) is 46.1 Å². The summed E-state index contributed by atoms with van der Waals surface area (Å²) in [5.41, 5.74) is 4.75. The molecule has 3 rings (SSSR count). The first kappa shape index (κ1) is 20.7. The van der Waals surface area contributed by atoms with Gasteiger partial charge in [0, 0.05) is 22.3 Å². The summed E-state index contributed by atoms with van der Waals surface area (Å²) in [4.78, 5) is 12.9. The van der Waals surface area contributed by atoms with Gasteiger partial charge < -0.3 is 5.32 Å². The Kier molecular flexibility index (Phi) is 5.73. The monoisotopic (exact) mass is 420 g/mol. The Hall–Kier alpha value is -2.05. The lowest BCUT2D eigenvalue weighted by atomic mass is 10.0. The number of halogens is 1. The molecule has 0 bridgehead atoms. The number of benzene rings is 2. The van der Waals surface area contributed by atoms with Gasteiger partial charge in [0.05, 0.1) is 11.9 Å². The fourth-order valence-electron chi connectivity index (χ4n) is 3.90. The molecule has 1 unspecified atom stereocenters. The number of nitrogens with zero attached hydrogens (tertiary/aromatic N) is 1. The van der Waals surface area contributed by atoms with E-state index in [0.29, 0.717) is 29.1 Å². The van der Waals surface area contributed by atoms with Crippen LogP contribution in [0.15, 0.2) is 30.3 Å². The molecule has 0 saturated carbocycles. The van der Waals surface area contributed by atoms with E-state index in [4.69, 9.17) is 11.6 Å². The Morgan fingerprint density at radius 3 is 2.54 bits per heavy atom. The van der Waals surface area contributed by atoms with Crippen molar-refractivity contribution in [2.24, 2.45) is 0 Å². The van der Waals surface area contributed by atoms with Gasteiger partial charge in [-0.3, -0.25) is 9.10 Å². The molecular weight excluding hydrogens is 396 g/mol. The lowest BCUT2D eigenvalue weighted by molar-refractivity contribution is 0.102. The van der Waals surface area contributed by atoms with E-state index in [9.17, 15) is 13.2 Å². The number of amides is 1. The zero-order valence-electron chi connectivity index (χ0n) is 16.5. The van der Waals surface area contributed by atoms with Crippen molar-refractivity contribution in [3.8, 4) is 0 Å². The van der Waals surface area contributed by atoms with E-state index in [2.05, 4.69) is 5.32 Å². The molecule has 150 valence electrons. The Morgan fingerprint density at radius 2 is 1.93 bits per heavy atom. The highest BCUT2D eigenvalue weighted by molar-refractivity contribution is 7.92. The lowest BCUT2D eigenvalue weighted by Crippen LogP contribution is -2.34. The third kappa shape index (κ3) is 3.76. The molecule has 7 heteroatoms. The van der Waals surface area contributed by atoms with E-state index in [1.807, 2.05) is 32.9 Å². The van der Waals surface area contributed by atoms with Gasteiger partial charge in [-0.1, -0.05) is 31.5 Å². The predicted octanol–water partition coefficient (Wildman–Crippen LogP) is 4.43. The molecule has 0 fully saturated rings. The molecule has 1 aliphatic rings. The molecule has 0 radical (unpaired) electrons. The largest absolute Gasteiger partial charge is 0.321 e. The Balaban J connectivity index is 1.95. The number of carbonyl (C=O) groups is 1. The minimum absolute atomic E-state index is 0.158. The van der Waals surface area contributed by atoms with Gasteiger partial charge in [0.1, 0.15) is 0 Å². The number of anilines is 2. The van der Waals surface area contributed by atoms with Gasteiger partial charge in [-0.15, -0.1) is 0 Å². The smallest absolute Gasteiger partial charge is 0.255 e. The molecule has 2 aromatic carbocycles. The van der Waals surface area contributed by atoms with Crippen LogP contribution >= 0.6 is 11.6 Å². The predicted molar refractivity (Wildman–Crippen MR) is 115 cm³/mol. The van der Waals surface area contributed by atoms with Gasteiger partial charge in [0.25, 0.3) is 5.91 Å². The SMILES string of the molecule is CCc1ccc(Cl)c(CC)c1NC(=O)c1ccc2c(c1)CC(C)N2S(C)(=O)=O. The number of rotatable bonds is 5. The van der Waals surface area contributed by atoms with Crippen LogP contribution < -0.4 is 9.62 Å². The summed E-state index contributed by atoms with van der Waals surface area (Å²) in [5.74, 6) is -0.222. The number of hydrogen-bond acceptors (Lipinski definition) is 3. The highest BCUT2D eigenvalue weighted by atomic mass is 35.5. The zero-order chi connectivity index (χ0) is 20.6. The zero-order valence-corrected chi connectivity index (χ0v) is 18.1. The molecular formula is C21H25ClN2O3S. The Bertz CT molecular complexity index is 1030. The van der Waals surface area contributed by atoms with Crippen LogP contribution in [0.4, 0.5) is 11.4 Å². The van der Waals surface area contributed by atoms with Gasteiger partial charge in [0.2, 0.25) is 10.0 Å². The molecule has 5 nitrogen and oxygen atoms in total. The first-order valence-corrected chi connectivity index (χ1v) is 11.6. The molecule has 28 heavy (non-hydrogen) atoms. The van der Waals surface area contributed by atoms with Gasteiger partial charge in [0.15, 0.2) is 0 Å². The second-order valence-electron chi connectivity index (χ2n) is 7.18. The fraction of sp³-hybridized carbons (Fsp3) is 0.381. The Morgan fingerprint density at radius 1 is 1.21 bits per heavy atom. The quantitative estimate of drug-likeness (QED) is 0.778. The van der Waals surface area contributed by atoms with Crippen molar-refractivity contribution in [1.82, 2.24) is 0 Å².